The second-order valence-corrected chi connectivity index (χ2v) is 10.1. The SMILES string of the molecule is COc1ccc(OCCC[C@H](CC(=O)NO)C(=O)N[C@H](C(=O)NC(C)(C)C)C(C)(C)C)cc1. The standard InChI is InChI=1S/C24H39N3O6/c1-23(2,3)20(22(30)26-24(4,5)6)25-21(29)16(15-19(28)27-31)9-8-14-33-18-12-10-17(32-7)11-13-18/h10-13,16,20,31H,8-9,14-15H2,1-7H3,(H,25,29)(H,26,30)(H,27,28)/t16-,20-/m1/s1. The van der Waals surface area contributed by atoms with E-state index in [4.69, 9.17) is 14.7 Å². The van der Waals surface area contributed by atoms with E-state index < -0.39 is 34.7 Å². The first-order chi connectivity index (χ1) is 15.3. The minimum Gasteiger partial charge on any atom is -0.497 e. The molecule has 0 aromatic heterocycles. The molecule has 3 amide bonds. The summed E-state index contributed by atoms with van der Waals surface area (Å²) in [5.41, 5.74) is 0.566. The molecule has 0 aliphatic heterocycles. The highest BCUT2D eigenvalue weighted by Gasteiger charge is 2.36. The fourth-order valence-electron chi connectivity index (χ4n) is 3.16. The first kappa shape index (κ1) is 28.2. The van der Waals surface area contributed by atoms with Crippen molar-refractivity contribution in [1.82, 2.24) is 16.1 Å². The second kappa shape index (κ2) is 12.4. The topological polar surface area (TPSA) is 126 Å². The van der Waals surface area contributed by atoms with Gasteiger partial charge in [0.05, 0.1) is 13.7 Å². The smallest absolute Gasteiger partial charge is 0.244 e. The third-order valence-corrected chi connectivity index (χ3v) is 4.87. The fourth-order valence-corrected chi connectivity index (χ4v) is 3.16. The van der Waals surface area contributed by atoms with Crippen LogP contribution in [0.25, 0.3) is 0 Å². The number of hydrogen-bond donors (Lipinski definition) is 4. The van der Waals surface area contributed by atoms with E-state index in [9.17, 15) is 14.4 Å². The molecule has 0 heterocycles. The molecule has 0 spiro atoms. The lowest BCUT2D eigenvalue weighted by Gasteiger charge is -2.34. The quantitative estimate of drug-likeness (QED) is 0.226. The summed E-state index contributed by atoms with van der Waals surface area (Å²) >= 11 is 0. The molecule has 1 aromatic carbocycles. The summed E-state index contributed by atoms with van der Waals surface area (Å²) in [6, 6.07) is 6.34. The number of hydrogen-bond acceptors (Lipinski definition) is 6. The van der Waals surface area contributed by atoms with Crippen molar-refractivity contribution in [2.45, 2.75) is 72.4 Å². The molecule has 0 saturated carbocycles. The number of hydroxylamine groups is 1. The van der Waals surface area contributed by atoms with E-state index in [1.165, 1.54) is 0 Å². The van der Waals surface area contributed by atoms with Gasteiger partial charge in [-0.15, -0.1) is 0 Å². The Labute approximate surface area is 196 Å². The van der Waals surface area contributed by atoms with Gasteiger partial charge in [-0.2, -0.15) is 0 Å². The van der Waals surface area contributed by atoms with Gasteiger partial charge in [0.1, 0.15) is 17.5 Å². The van der Waals surface area contributed by atoms with Crippen molar-refractivity contribution in [1.29, 1.82) is 0 Å². The minimum atomic E-state index is -0.792. The molecule has 4 N–H and O–H groups in total. The molecule has 0 radical (unpaired) electrons. The lowest BCUT2D eigenvalue weighted by Crippen LogP contribution is -2.58. The maximum Gasteiger partial charge on any atom is 0.244 e. The molecule has 0 aliphatic carbocycles. The summed E-state index contributed by atoms with van der Waals surface area (Å²) in [5, 5.41) is 14.6. The van der Waals surface area contributed by atoms with Crippen LogP contribution in [0, 0.1) is 11.3 Å². The van der Waals surface area contributed by atoms with Crippen LogP contribution in [0.15, 0.2) is 24.3 Å². The monoisotopic (exact) mass is 465 g/mol. The van der Waals surface area contributed by atoms with E-state index in [2.05, 4.69) is 10.6 Å². The highest BCUT2D eigenvalue weighted by molar-refractivity contribution is 5.91. The molecule has 0 unspecified atom stereocenters. The van der Waals surface area contributed by atoms with Crippen molar-refractivity contribution in [2.75, 3.05) is 13.7 Å². The van der Waals surface area contributed by atoms with Crippen molar-refractivity contribution < 1.29 is 29.1 Å². The summed E-state index contributed by atoms with van der Waals surface area (Å²) < 4.78 is 10.8. The van der Waals surface area contributed by atoms with Crippen molar-refractivity contribution in [3.63, 3.8) is 0 Å². The minimum absolute atomic E-state index is 0.206. The Bertz CT molecular complexity index is 781. The Morgan fingerprint density at radius 3 is 2.03 bits per heavy atom. The zero-order valence-corrected chi connectivity index (χ0v) is 20.8. The predicted molar refractivity (Wildman–Crippen MR) is 125 cm³/mol. The van der Waals surface area contributed by atoms with Crippen LogP contribution >= 0.6 is 0 Å². The van der Waals surface area contributed by atoms with E-state index in [0.717, 1.165) is 5.75 Å². The first-order valence-corrected chi connectivity index (χ1v) is 11.1. The number of carbonyl (C=O) groups excluding carboxylic acids is 3. The van der Waals surface area contributed by atoms with Crippen molar-refractivity contribution in [3.05, 3.63) is 24.3 Å². The van der Waals surface area contributed by atoms with Crippen LogP contribution in [0.1, 0.15) is 60.8 Å². The van der Waals surface area contributed by atoms with Gasteiger partial charge >= 0.3 is 0 Å². The Morgan fingerprint density at radius 1 is 0.970 bits per heavy atom. The Morgan fingerprint density at radius 2 is 1.55 bits per heavy atom. The zero-order valence-electron chi connectivity index (χ0n) is 20.8. The first-order valence-electron chi connectivity index (χ1n) is 11.1. The Balaban J connectivity index is 2.80. The van der Waals surface area contributed by atoms with E-state index in [1.54, 1.807) is 36.9 Å². The summed E-state index contributed by atoms with van der Waals surface area (Å²) in [6.45, 7) is 11.5. The van der Waals surface area contributed by atoms with Crippen LogP contribution in [-0.4, -0.2) is 48.2 Å². The number of carbonyl (C=O) groups is 3. The van der Waals surface area contributed by atoms with Gasteiger partial charge in [-0.25, -0.2) is 5.48 Å². The summed E-state index contributed by atoms with van der Waals surface area (Å²) in [7, 11) is 1.58. The van der Waals surface area contributed by atoms with Crippen LogP contribution in [0.3, 0.4) is 0 Å². The average Bonchev–Trinajstić information content (AvgIpc) is 2.71. The highest BCUT2D eigenvalue weighted by atomic mass is 16.5. The highest BCUT2D eigenvalue weighted by Crippen LogP contribution is 2.22. The largest absolute Gasteiger partial charge is 0.497 e. The van der Waals surface area contributed by atoms with Gasteiger partial charge in [-0.1, -0.05) is 20.8 Å². The average molecular weight is 466 g/mol. The normalized spacial score (nSPS) is 13.5. The molecule has 186 valence electrons. The molecule has 1 aromatic rings. The number of amides is 3. The van der Waals surface area contributed by atoms with Gasteiger partial charge in [-0.3, -0.25) is 19.6 Å². The predicted octanol–water partition coefficient (Wildman–Crippen LogP) is 2.81. The van der Waals surface area contributed by atoms with Gasteiger partial charge in [0, 0.05) is 17.9 Å². The van der Waals surface area contributed by atoms with Gasteiger partial charge in [0.25, 0.3) is 0 Å². The third kappa shape index (κ3) is 10.6. The van der Waals surface area contributed by atoms with Crippen LogP contribution < -0.4 is 25.6 Å². The third-order valence-electron chi connectivity index (χ3n) is 4.87. The number of methoxy groups -OCH3 is 1. The number of benzene rings is 1. The molecule has 0 saturated heterocycles. The van der Waals surface area contributed by atoms with Gasteiger partial charge in [0.15, 0.2) is 0 Å². The van der Waals surface area contributed by atoms with Crippen molar-refractivity contribution >= 4 is 17.7 Å². The molecule has 0 aliphatic rings. The summed E-state index contributed by atoms with van der Waals surface area (Å²) in [5.74, 6) is -0.736. The maximum absolute atomic E-state index is 13.0. The summed E-state index contributed by atoms with van der Waals surface area (Å²) in [4.78, 5) is 37.7. The van der Waals surface area contributed by atoms with E-state index in [1.807, 2.05) is 41.5 Å². The molecule has 9 heteroatoms. The zero-order chi connectivity index (χ0) is 25.2. The van der Waals surface area contributed by atoms with Gasteiger partial charge < -0.3 is 20.1 Å². The van der Waals surface area contributed by atoms with E-state index in [-0.39, 0.29) is 12.3 Å². The summed E-state index contributed by atoms with van der Waals surface area (Å²) in [6.07, 6.45) is 0.632. The Kier molecular flexibility index (Phi) is 10.6. The van der Waals surface area contributed by atoms with Crippen molar-refractivity contribution in [3.8, 4) is 11.5 Å². The van der Waals surface area contributed by atoms with Gasteiger partial charge in [0.2, 0.25) is 17.7 Å². The lowest BCUT2D eigenvalue weighted by atomic mass is 9.84. The van der Waals surface area contributed by atoms with Gasteiger partial charge in [-0.05, 0) is 63.3 Å². The van der Waals surface area contributed by atoms with E-state index in [0.29, 0.717) is 25.2 Å². The van der Waals surface area contributed by atoms with Crippen LogP contribution in [0.2, 0.25) is 0 Å². The number of rotatable bonds is 11. The molecule has 0 bridgehead atoms. The number of ether oxygens (including phenoxy) is 2. The van der Waals surface area contributed by atoms with Crippen LogP contribution in [0.4, 0.5) is 0 Å². The molecule has 33 heavy (non-hydrogen) atoms. The van der Waals surface area contributed by atoms with E-state index >= 15 is 0 Å². The second-order valence-electron chi connectivity index (χ2n) is 10.1. The maximum atomic E-state index is 13.0. The molecule has 9 nitrogen and oxygen atoms in total. The fraction of sp³-hybridized carbons (Fsp3) is 0.625. The Hall–Kier alpha value is -2.81. The molecule has 0 fully saturated rings. The lowest BCUT2D eigenvalue weighted by molar-refractivity contribution is -0.137. The number of nitrogens with one attached hydrogen (secondary N) is 3. The van der Waals surface area contributed by atoms with Crippen molar-refractivity contribution in [2.24, 2.45) is 11.3 Å². The molecular formula is C24H39N3O6. The molecule has 2 atom stereocenters. The van der Waals surface area contributed by atoms with Crippen LogP contribution in [-0.2, 0) is 14.4 Å². The molecule has 1 rings (SSSR count). The molecular weight excluding hydrogens is 426 g/mol. The van der Waals surface area contributed by atoms with Crippen LogP contribution in [0.5, 0.6) is 11.5 Å².